The molecule has 1 amide bonds. The van der Waals surface area contributed by atoms with Crippen molar-refractivity contribution >= 4 is 35.8 Å². The molecule has 33 heavy (non-hydrogen) atoms. The molecule has 1 unspecified atom stereocenters. The first-order valence-electron chi connectivity index (χ1n) is 11.0. The Morgan fingerprint density at radius 2 is 1.97 bits per heavy atom. The molecule has 3 rings (SSSR count). The van der Waals surface area contributed by atoms with E-state index >= 15 is 0 Å². The van der Waals surface area contributed by atoms with Crippen molar-refractivity contribution < 1.29 is 14.3 Å². The highest BCUT2D eigenvalue weighted by Crippen LogP contribution is 2.39. The van der Waals surface area contributed by atoms with E-state index in [2.05, 4.69) is 37.5 Å². The molecule has 0 radical (unpaired) electrons. The number of aliphatic imine (C=N–C) groups is 1. The van der Waals surface area contributed by atoms with Crippen LogP contribution in [0.25, 0.3) is 0 Å². The highest BCUT2D eigenvalue weighted by molar-refractivity contribution is 14.0. The largest absolute Gasteiger partial charge is 0.487 e. The van der Waals surface area contributed by atoms with Crippen molar-refractivity contribution in [2.75, 3.05) is 27.2 Å². The molecule has 1 heterocycles. The quantitative estimate of drug-likeness (QED) is 0.300. The molecule has 2 aromatic rings. The number of fused-ring (bicyclic) bond motifs is 1. The van der Waals surface area contributed by atoms with Crippen LogP contribution in [0, 0.1) is 0 Å². The summed E-state index contributed by atoms with van der Waals surface area (Å²) in [6.45, 7) is 7.53. The summed E-state index contributed by atoms with van der Waals surface area (Å²) in [6.07, 6.45) is 0.831. The Bertz CT molecular complexity index is 962. The first kappa shape index (κ1) is 26.8. The Labute approximate surface area is 214 Å². The van der Waals surface area contributed by atoms with E-state index in [1.807, 2.05) is 42.5 Å². The molecule has 0 saturated carbocycles. The minimum atomic E-state index is -0.265. The summed E-state index contributed by atoms with van der Waals surface area (Å²) in [7, 11) is 3.42. The molecular formula is C25H35IN4O3. The predicted octanol–water partition coefficient (Wildman–Crippen LogP) is 4.13. The van der Waals surface area contributed by atoms with Gasteiger partial charge >= 0.3 is 0 Å². The molecule has 0 aromatic heterocycles. The molecule has 2 aromatic carbocycles. The van der Waals surface area contributed by atoms with E-state index in [0.29, 0.717) is 12.3 Å². The molecule has 1 aliphatic rings. The van der Waals surface area contributed by atoms with Crippen molar-refractivity contribution in [1.82, 2.24) is 15.5 Å². The SMILES string of the molecule is CCNC(=NCc1cccc(OCC(=O)N(C)C)c1)NC1CC(C)(C)Oc2ccccc21.I. The number of likely N-dealkylation sites (N-methyl/N-ethyl adjacent to an activating group) is 1. The number of rotatable bonds is 7. The first-order chi connectivity index (χ1) is 15.3. The van der Waals surface area contributed by atoms with Crippen LogP contribution in [-0.4, -0.2) is 49.6 Å². The van der Waals surface area contributed by atoms with Gasteiger partial charge in [0.1, 0.15) is 17.1 Å². The van der Waals surface area contributed by atoms with Crippen molar-refractivity contribution in [2.24, 2.45) is 4.99 Å². The molecule has 1 aliphatic heterocycles. The van der Waals surface area contributed by atoms with Gasteiger partial charge in [0.05, 0.1) is 12.6 Å². The molecule has 7 nitrogen and oxygen atoms in total. The molecule has 0 saturated heterocycles. The van der Waals surface area contributed by atoms with E-state index in [4.69, 9.17) is 14.5 Å². The average Bonchev–Trinajstić information content (AvgIpc) is 2.75. The Kier molecular flexibility index (Phi) is 9.82. The van der Waals surface area contributed by atoms with Gasteiger partial charge in [0.15, 0.2) is 12.6 Å². The second-order valence-corrected chi connectivity index (χ2v) is 8.72. The van der Waals surface area contributed by atoms with E-state index in [0.717, 1.165) is 35.8 Å². The number of hydrogen-bond donors (Lipinski definition) is 2. The minimum Gasteiger partial charge on any atom is -0.487 e. The number of para-hydroxylation sites is 1. The van der Waals surface area contributed by atoms with Crippen LogP contribution in [0.15, 0.2) is 53.5 Å². The van der Waals surface area contributed by atoms with Gasteiger partial charge in [-0.05, 0) is 44.5 Å². The topological polar surface area (TPSA) is 75.2 Å². The average molecular weight is 566 g/mol. The Hall–Kier alpha value is -2.49. The number of guanidine groups is 1. The van der Waals surface area contributed by atoms with Gasteiger partial charge in [0.25, 0.3) is 5.91 Å². The highest BCUT2D eigenvalue weighted by Gasteiger charge is 2.33. The van der Waals surface area contributed by atoms with Gasteiger partial charge < -0.3 is 25.0 Å². The van der Waals surface area contributed by atoms with E-state index < -0.39 is 0 Å². The van der Waals surface area contributed by atoms with Crippen LogP contribution in [-0.2, 0) is 11.3 Å². The summed E-state index contributed by atoms with van der Waals surface area (Å²) < 4.78 is 11.8. The van der Waals surface area contributed by atoms with E-state index in [1.54, 1.807) is 14.1 Å². The van der Waals surface area contributed by atoms with Gasteiger partial charge in [-0.2, -0.15) is 0 Å². The number of halogens is 1. The fraction of sp³-hybridized carbons (Fsp3) is 0.440. The summed E-state index contributed by atoms with van der Waals surface area (Å²) in [5.74, 6) is 2.24. The molecule has 0 fully saturated rings. The summed E-state index contributed by atoms with van der Waals surface area (Å²) in [5.41, 5.74) is 1.88. The third-order valence-corrected chi connectivity index (χ3v) is 5.21. The van der Waals surface area contributed by atoms with Crippen molar-refractivity contribution in [3.05, 3.63) is 59.7 Å². The van der Waals surface area contributed by atoms with Crippen molar-refractivity contribution in [3.8, 4) is 11.5 Å². The van der Waals surface area contributed by atoms with Crippen molar-refractivity contribution in [1.29, 1.82) is 0 Å². The van der Waals surface area contributed by atoms with Crippen LogP contribution >= 0.6 is 24.0 Å². The summed E-state index contributed by atoms with van der Waals surface area (Å²) in [6, 6.07) is 15.9. The number of nitrogens with one attached hydrogen (secondary N) is 2. The lowest BCUT2D eigenvalue weighted by Crippen LogP contribution is -2.45. The molecule has 1 atom stereocenters. The highest BCUT2D eigenvalue weighted by atomic mass is 127. The van der Waals surface area contributed by atoms with E-state index in [-0.39, 0.29) is 48.1 Å². The van der Waals surface area contributed by atoms with Gasteiger partial charge in [0.2, 0.25) is 0 Å². The zero-order valence-electron chi connectivity index (χ0n) is 20.1. The Morgan fingerprint density at radius 1 is 1.21 bits per heavy atom. The molecule has 2 N–H and O–H groups in total. The number of carbonyl (C=O) groups excluding carboxylic acids is 1. The third kappa shape index (κ3) is 7.80. The minimum absolute atomic E-state index is 0. The lowest BCUT2D eigenvalue weighted by molar-refractivity contribution is -0.130. The normalized spacial score (nSPS) is 16.5. The number of carbonyl (C=O) groups is 1. The Balaban J connectivity index is 0.00000385. The summed E-state index contributed by atoms with van der Waals surface area (Å²) in [5, 5.41) is 6.93. The van der Waals surface area contributed by atoms with Crippen LogP contribution in [0.4, 0.5) is 0 Å². The second-order valence-electron chi connectivity index (χ2n) is 8.72. The monoisotopic (exact) mass is 566 g/mol. The third-order valence-electron chi connectivity index (χ3n) is 5.21. The fourth-order valence-electron chi connectivity index (χ4n) is 3.59. The summed E-state index contributed by atoms with van der Waals surface area (Å²) >= 11 is 0. The first-order valence-corrected chi connectivity index (χ1v) is 11.0. The molecule has 180 valence electrons. The number of hydrogen-bond acceptors (Lipinski definition) is 4. The summed E-state index contributed by atoms with van der Waals surface area (Å²) in [4.78, 5) is 18.1. The Morgan fingerprint density at radius 3 is 2.70 bits per heavy atom. The van der Waals surface area contributed by atoms with Crippen LogP contribution < -0.4 is 20.1 Å². The lowest BCUT2D eigenvalue weighted by atomic mass is 9.90. The van der Waals surface area contributed by atoms with Crippen LogP contribution in [0.1, 0.15) is 44.4 Å². The molecule has 0 spiro atoms. The molecule has 0 aliphatic carbocycles. The smallest absolute Gasteiger partial charge is 0.259 e. The molecule has 8 heteroatoms. The second kappa shape index (κ2) is 12.1. The van der Waals surface area contributed by atoms with Crippen LogP contribution in [0.2, 0.25) is 0 Å². The molecule has 0 bridgehead atoms. The van der Waals surface area contributed by atoms with Crippen LogP contribution in [0.5, 0.6) is 11.5 Å². The number of nitrogens with zero attached hydrogens (tertiary/aromatic N) is 2. The number of benzene rings is 2. The van der Waals surface area contributed by atoms with Gasteiger partial charge in [-0.1, -0.05) is 30.3 Å². The maximum absolute atomic E-state index is 11.8. The fourth-order valence-corrected chi connectivity index (χ4v) is 3.59. The zero-order chi connectivity index (χ0) is 23.1. The van der Waals surface area contributed by atoms with Gasteiger partial charge in [-0.3, -0.25) is 4.79 Å². The number of ether oxygens (including phenoxy) is 2. The van der Waals surface area contributed by atoms with Gasteiger partial charge in [-0.25, -0.2) is 4.99 Å². The zero-order valence-corrected chi connectivity index (χ0v) is 22.4. The van der Waals surface area contributed by atoms with E-state index in [9.17, 15) is 4.79 Å². The van der Waals surface area contributed by atoms with Crippen LogP contribution in [0.3, 0.4) is 0 Å². The maximum atomic E-state index is 11.8. The number of amides is 1. The van der Waals surface area contributed by atoms with E-state index in [1.165, 1.54) is 4.90 Å². The van der Waals surface area contributed by atoms with Gasteiger partial charge in [-0.15, -0.1) is 24.0 Å². The standard InChI is InChI=1S/C25H34N4O3.HI/c1-6-26-24(28-21-15-25(2,3)32-22-13-8-7-12-20(21)22)27-16-18-10-9-11-19(14-18)31-17-23(30)29(4)5;/h7-14,21H,6,15-17H2,1-5H3,(H2,26,27,28);1H. The lowest BCUT2D eigenvalue weighted by Gasteiger charge is -2.38. The van der Waals surface area contributed by atoms with Gasteiger partial charge in [0, 0.05) is 32.6 Å². The van der Waals surface area contributed by atoms with Crippen molar-refractivity contribution in [2.45, 2.75) is 45.4 Å². The van der Waals surface area contributed by atoms with Crippen molar-refractivity contribution in [3.63, 3.8) is 0 Å². The predicted molar refractivity (Wildman–Crippen MR) is 143 cm³/mol. The molecular weight excluding hydrogens is 531 g/mol. The maximum Gasteiger partial charge on any atom is 0.259 e.